The molecule has 1 amide bonds. The van der Waals surface area contributed by atoms with Crippen LogP contribution in [0.3, 0.4) is 0 Å². The molecule has 1 aromatic carbocycles. The van der Waals surface area contributed by atoms with Crippen molar-refractivity contribution in [3.05, 3.63) is 47.2 Å². The molecule has 0 aliphatic rings. The maximum absolute atomic E-state index is 12.0. The van der Waals surface area contributed by atoms with Crippen molar-refractivity contribution in [2.24, 2.45) is 7.05 Å². The highest BCUT2D eigenvalue weighted by atomic mass is 32.1. The number of carbonyl (C=O) groups excluding carboxylic acids is 1. The summed E-state index contributed by atoms with van der Waals surface area (Å²) in [5.41, 5.74) is 0.530. The molecular weight excluding hydrogens is 304 g/mol. The zero-order valence-electron chi connectivity index (χ0n) is 11.6. The van der Waals surface area contributed by atoms with Gasteiger partial charge in [0.15, 0.2) is 11.0 Å². The standard InChI is InChI=1S/C13H12N6O2S/c1-19-11(16-17-18-19)8-21-10-4-2-9(3-5-10)12(20)15-13-14-6-7-22-13/h2-7H,8H2,1H3,(H,14,15,20). The number of rotatable bonds is 5. The molecule has 0 fully saturated rings. The average Bonchev–Trinajstić information content (AvgIpc) is 3.17. The maximum atomic E-state index is 12.0. The number of ether oxygens (including phenoxy) is 1. The number of benzene rings is 1. The third-order valence-electron chi connectivity index (χ3n) is 2.85. The van der Waals surface area contributed by atoms with Crippen LogP contribution < -0.4 is 10.1 Å². The van der Waals surface area contributed by atoms with Crippen LogP contribution in [-0.4, -0.2) is 31.1 Å². The summed E-state index contributed by atoms with van der Waals surface area (Å²) in [5.74, 6) is 1.04. The van der Waals surface area contributed by atoms with E-state index in [9.17, 15) is 4.79 Å². The summed E-state index contributed by atoms with van der Waals surface area (Å²) in [7, 11) is 1.74. The number of hydrogen-bond donors (Lipinski definition) is 1. The second-order valence-corrected chi connectivity index (χ2v) is 5.22. The van der Waals surface area contributed by atoms with E-state index in [1.54, 1.807) is 42.9 Å². The van der Waals surface area contributed by atoms with Crippen molar-refractivity contribution in [2.45, 2.75) is 6.61 Å². The van der Waals surface area contributed by atoms with Gasteiger partial charge >= 0.3 is 0 Å². The SMILES string of the molecule is Cn1nnnc1COc1ccc(C(=O)Nc2nccs2)cc1. The second-order valence-electron chi connectivity index (χ2n) is 4.32. The van der Waals surface area contributed by atoms with E-state index < -0.39 is 0 Å². The Morgan fingerprint density at radius 2 is 2.18 bits per heavy atom. The number of tetrazole rings is 1. The van der Waals surface area contributed by atoms with Gasteiger partial charge in [0, 0.05) is 24.2 Å². The van der Waals surface area contributed by atoms with Crippen LogP contribution in [0, 0.1) is 0 Å². The summed E-state index contributed by atoms with van der Waals surface area (Å²) < 4.78 is 7.10. The van der Waals surface area contributed by atoms with Crippen molar-refractivity contribution >= 4 is 22.4 Å². The van der Waals surface area contributed by atoms with Gasteiger partial charge in [-0.1, -0.05) is 0 Å². The van der Waals surface area contributed by atoms with Gasteiger partial charge in [-0.15, -0.1) is 16.4 Å². The van der Waals surface area contributed by atoms with Crippen molar-refractivity contribution < 1.29 is 9.53 Å². The molecule has 2 heterocycles. The summed E-state index contributed by atoms with van der Waals surface area (Å²) in [6, 6.07) is 6.82. The van der Waals surface area contributed by atoms with Crippen molar-refractivity contribution in [2.75, 3.05) is 5.32 Å². The molecule has 0 bridgehead atoms. The molecule has 112 valence electrons. The lowest BCUT2D eigenvalue weighted by Gasteiger charge is -2.06. The summed E-state index contributed by atoms with van der Waals surface area (Å²) in [6.07, 6.45) is 1.64. The first-order valence-electron chi connectivity index (χ1n) is 6.37. The fraction of sp³-hybridized carbons (Fsp3) is 0.154. The number of carbonyl (C=O) groups is 1. The molecule has 3 rings (SSSR count). The molecule has 0 atom stereocenters. The van der Waals surface area contributed by atoms with Crippen LogP contribution in [0.15, 0.2) is 35.8 Å². The molecule has 2 aromatic heterocycles. The first kappa shape index (κ1) is 14.1. The predicted molar refractivity (Wildman–Crippen MR) is 79.6 cm³/mol. The van der Waals surface area contributed by atoms with Gasteiger partial charge < -0.3 is 4.74 Å². The van der Waals surface area contributed by atoms with Crippen LogP contribution in [-0.2, 0) is 13.7 Å². The molecule has 0 spiro atoms. The van der Waals surface area contributed by atoms with E-state index in [-0.39, 0.29) is 12.5 Å². The number of anilines is 1. The molecule has 0 saturated heterocycles. The minimum Gasteiger partial charge on any atom is -0.486 e. The highest BCUT2D eigenvalue weighted by Gasteiger charge is 2.08. The summed E-state index contributed by atoms with van der Waals surface area (Å²) in [4.78, 5) is 16.0. The van der Waals surface area contributed by atoms with Gasteiger partial charge in [-0.25, -0.2) is 9.67 Å². The number of aromatic nitrogens is 5. The molecule has 0 radical (unpaired) electrons. The number of amides is 1. The Hall–Kier alpha value is -2.81. The van der Waals surface area contributed by atoms with E-state index in [1.807, 2.05) is 0 Å². The molecule has 0 aliphatic carbocycles. The monoisotopic (exact) mass is 316 g/mol. The van der Waals surface area contributed by atoms with E-state index in [2.05, 4.69) is 25.8 Å². The Bertz CT molecular complexity index is 753. The number of nitrogens with zero attached hydrogens (tertiary/aromatic N) is 5. The van der Waals surface area contributed by atoms with Crippen molar-refractivity contribution in [3.8, 4) is 5.75 Å². The smallest absolute Gasteiger partial charge is 0.257 e. The van der Waals surface area contributed by atoms with Crippen molar-refractivity contribution in [3.63, 3.8) is 0 Å². The summed E-state index contributed by atoms with van der Waals surface area (Å²) in [5, 5.41) is 16.2. The van der Waals surface area contributed by atoms with Crippen LogP contribution in [0.25, 0.3) is 0 Å². The van der Waals surface area contributed by atoms with Gasteiger partial charge in [-0.05, 0) is 34.7 Å². The molecule has 0 aliphatic heterocycles. The van der Waals surface area contributed by atoms with E-state index in [4.69, 9.17) is 4.74 Å². The molecule has 8 nitrogen and oxygen atoms in total. The second kappa shape index (κ2) is 6.31. The van der Waals surface area contributed by atoms with Crippen LogP contribution in [0.1, 0.15) is 16.2 Å². The van der Waals surface area contributed by atoms with Crippen LogP contribution in [0.4, 0.5) is 5.13 Å². The fourth-order valence-corrected chi connectivity index (χ4v) is 2.20. The molecular formula is C13H12N6O2S. The van der Waals surface area contributed by atoms with E-state index in [0.29, 0.717) is 22.3 Å². The first-order chi connectivity index (χ1) is 10.7. The first-order valence-corrected chi connectivity index (χ1v) is 7.25. The lowest BCUT2D eigenvalue weighted by Crippen LogP contribution is -2.11. The van der Waals surface area contributed by atoms with E-state index in [1.165, 1.54) is 16.0 Å². The maximum Gasteiger partial charge on any atom is 0.257 e. The van der Waals surface area contributed by atoms with Gasteiger partial charge in [0.25, 0.3) is 5.91 Å². The molecule has 0 saturated carbocycles. The van der Waals surface area contributed by atoms with Crippen molar-refractivity contribution in [1.82, 2.24) is 25.2 Å². The van der Waals surface area contributed by atoms with Gasteiger partial charge in [-0.2, -0.15) is 0 Å². The molecule has 9 heteroatoms. The van der Waals surface area contributed by atoms with E-state index in [0.717, 1.165) is 0 Å². The van der Waals surface area contributed by atoms with Crippen LogP contribution in [0.2, 0.25) is 0 Å². The highest BCUT2D eigenvalue weighted by molar-refractivity contribution is 7.13. The Morgan fingerprint density at radius 1 is 1.36 bits per heavy atom. The Kier molecular flexibility index (Phi) is 4.05. The zero-order valence-corrected chi connectivity index (χ0v) is 12.4. The minimum atomic E-state index is -0.209. The lowest BCUT2D eigenvalue weighted by molar-refractivity contribution is 0.102. The third-order valence-corrected chi connectivity index (χ3v) is 3.53. The third kappa shape index (κ3) is 3.26. The van der Waals surface area contributed by atoms with Crippen LogP contribution >= 0.6 is 11.3 Å². The molecule has 3 aromatic rings. The number of hydrogen-bond acceptors (Lipinski definition) is 7. The number of thiazole rings is 1. The predicted octanol–water partition coefficient (Wildman–Crippen LogP) is 1.50. The largest absolute Gasteiger partial charge is 0.486 e. The normalized spacial score (nSPS) is 10.4. The van der Waals surface area contributed by atoms with Gasteiger partial charge in [0.1, 0.15) is 12.4 Å². The Morgan fingerprint density at radius 3 is 2.82 bits per heavy atom. The minimum absolute atomic E-state index is 0.209. The van der Waals surface area contributed by atoms with Crippen molar-refractivity contribution in [1.29, 1.82) is 0 Å². The number of aryl methyl sites for hydroxylation is 1. The Balaban J connectivity index is 1.60. The quantitative estimate of drug-likeness (QED) is 0.766. The van der Waals surface area contributed by atoms with Crippen LogP contribution in [0.5, 0.6) is 5.75 Å². The topological polar surface area (TPSA) is 94.8 Å². The highest BCUT2D eigenvalue weighted by Crippen LogP contribution is 2.16. The fourth-order valence-electron chi connectivity index (χ4n) is 1.68. The summed E-state index contributed by atoms with van der Waals surface area (Å²) >= 11 is 1.37. The van der Waals surface area contributed by atoms with Gasteiger partial charge in [0.05, 0.1) is 0 Å². The summed E-state index contributed by atoms with van der Waals surface area (Å²) in [6.45, 7) is 0.258. The molecule has 0 unspecified atom stereocenters. The van der Waals surface area contributed by atoms with Gasteiger partial charge in [-0.3, -0.25) is 10.1 Å². The van der Waals surface area contributed by atoms with Gasteiger partial charge in [0.2, 0.25) is 0 Å². The number of nitrogens with one attached hydrogen (secondary N) is 1. The average molecular weight is 316 g/mol. The van der Waals surface area contributed by atoms with E-state index >= 15 is 0 Å². The molecule has 22 heavy (non-hydrogen) atoms. The Labute approximate surface area is 129 Å². The lowest BCUT2D eigenvalue weighted by atomic mass is 10.2. The molecule has 1 N–H and O–H groups in total. The zero-order chi connectivity index (χ0) is 15.4.